The Hall–Kier alpha value is -1.59. The fourth-order valence-corrected chi connectivity index (χ4v) is 3.41. The van der Waals surface area contributed by atoms with Gasteiger partial charge in [-0.3, -0.25) is 9.59 Å². The molecule has 3 atom stereocenters. The van der Waals surface area contributed by atoms with Gasteiger partial charge in [0.25, 0.3) is 0 Å². The number of benzene rings is 1. The van der Waals surface area contributed by atoms with Crippen LogP contribution in [0.1, 0.15) is 25.8 Å². The van der Waals surface area contributed by atoms with E-state index in [-0.39, 0.29) is 29.8 Å². The number of rotatable bonds is 4. The smallest absolute Gasteiger partial charge is 0.246 e. The average molecular weight is 336 g/mol. The van der Waals surface area contributed by atoms with Gasteiger partial charge in [0.15, 0.2) is 0 Å². The van der Waals surface area contributed by atoms with Crippen molar-refractivity contribution in [2.45, 2.75) is 44.9 Å². The normalized spacial score (nSPS) is 27.3. The minimum absolute atomic E-state index is 0.0286. The summed E-state index contributed by atoms with van der Waals surface area (Å²) in [7, 11) is 0. The van der Waals surface area contributed by atoms with Crippen LogP contribution in [0.3, 0.4) is 0 Å². The van der Waals surface area contributed by atoms with Crippen LogP contribution in [0, 0.1) is 5.92 Å². The molecule has 0 radical (unpaired) electrons. The predicted octanol–water partition coefficient (Wildman–Crippen LogP) is 1.55. The van der Waals surface area contributed by atoms with Crippen molar-refractivity contribution < 1.29 is 9.59 Å². The molecule has 2 aliphatic heterocycles. The largest absolute Gasteiger partial charge is 0.342 e. The number of carbonyl (C=O) groups excluding carboxylic acids is 2. The molecule has 0 aromatic heterocycles. The molecule has 0 unspecified atom stereocenters. The summed E-state index contributed by atoms with van der Waals surface area (Å²) in [5, 5.41) is 7.02. The second-order valence-corrected chi connectivity index (χ2v) is 7.11. The van der Waals surface area contributed by atoms with Crippen LogP contribution in [-0.2, 0) is 16.1 Å². The zero-order valence-corrected chi connectivity index (χ0v) is 14.1. The third kappa shape index (κ3) is 3.35. The molecule has 0 bridgehead atoms. The molecule has 5 nitrogen and oxygen atoms in total. The van der Waals surface area contributed by atoms with E-state index in [1.807, 2.05) is 38.1 Å². The van der Waals surface area contributed by atoms with Crippen LogP contribution in [-0.4, -0.2) is 41.4 Å². The lowest BCUT2D eigenvalue weighted by Gasteiger charge is -2.36. The summed E-state index contributed by atoms with van der Waals surface area (Å²) < 4.78 is 0. The lowest BCUT2D eigenvalue weighted by molar-refractivity contribution is -0.148. The van der Waals surface area contributed by atoms with Crippen LogP contribution >= 0.6 is 11.6 Å². The third-order valence-corrected chi connectivity index (χ3v) is 4.88. The van der Waals surface area contributed by atoms with Crippen LogP contribution in [0.5, 0.6) is 0 Å². The number of amides is 2. The summed E-state index contributed by atoms with van der Waals surface area (Å²) in [6, 6.07) is 7.08. The quantitative estimate of drug-likeness (QED) is 0.877. The Morgan fingerprint density at radius 3 is 2.65 bits per heavy atom. The minimum atomic E-state index is -0.395. The minimum Gasteiger partial charge on any atom is -0.342 e. The maximum absolute atomic E-state index is 12.5. The van der Waals surface area contributed by atoms with Crippen LogP contribution in [0.25, 0.3) is 0 Å². The number of hydrogen-bond donors (Lipinski definition) is 2. The van der Waals surface area contributed by atoms with Gasteiger partial charge in [-0.15, -0.1) is 0 Å². The van der Waals surface area contributed by atoms with E-state index in [2.05, 4.69) is 10.6 Å². The van der Waals surface area contributed by atoms with Crippen LogP contribution in [0.15, 0.2) is 24.3 Å². The van der Waals surface area contributed by atoms with Crippen molar-refractivity contribution in [1.29, 1.82) is 0 Å². The first-order valence-electron chi connectivity index (χ1n) is 8.04. The van der Waals surface area contributed by atoms with Crippen molar-refractivity contribution >= 4 is 23.4 Å². The molecule has 2 saturated heterocycles. The first-order chi connectivity index (χ1) is 11.0. The van der Waals surface area contributed by atoms with E-state index in [9.17, 15) is 9.59 Å². The number of nitrogens with one attached hydrogen (secondary N) is 2. The zero-order chi connectivity index (χ0) is 16.6. The summed E-state index contributed by atoms with van der Waals surface area (Å²) in [6.45, 7) is 5.20. The number of carbonyl (C=O) groups is 2. The Labute approximate surface area is 141 Å². The van der Waals surface area contributed by atoms with Gasteiger partial charge in [-0.1, -0.05) is 37.6 Å². The van der Waals surface area contributed by atoms with Crippen molar-refractivity contribution in [1.82, 2.24) is 15.5 Å². The molecule has 1 aromatic carbocycles. The highest BCUT2D eigenvalue weighted by Gasteiger charge is 2.46. The maximum atomic E-state index is 12.5. The molecule has 2 aliphatic rings. The van der Waals surface area contributed by atoms with Crippen molar-refractivity contribution in [3.8, 4) is 0 Å². The summed E-state index contributed by atoms with van der Waals surface area (Å²) in [5.41, 5.74) is 1.13. The van der Waals surface area contributed by atoms with E-state index in [1.54, 1.807) is 4.90 Å². The highest BCUT2D eigenvalue weighted by Crippen LogP contribution is 2.25. The predicted molar refractivity (Wildman–Crippen MR) is 89.0 cm³/mol. The Bertz CT molecular complexity index is 602. The lowest BCUT2D eigenvalue weighted by Crippen LogP contribution is -2.62. The molecule has 1 aromatic rings. The second kappa shape index (κ2) is 6.49. The van der Waals surface area contributed by atoms with Gasteiger partial charge in [0.2, 0.25) is 11.8 Å². The van der Waals surface area contributed by atoms with Gasteiger partial charge in [0.05, 0.1) is 0 Å². The van der Waals surface area contributed by atoms with Crippen LogP contribution < -0.4 is 10.6 Å². The van der Waals surface area contributed by atoms with Gasteiger partial charge < -0.3 is 15.5 Å². The van der Waals surface area contributed by atoms with Crippen LogP contribution in [0.2, 0.25) is 5.02 Å². The highest BCUT2D eigenvalue weighted by atomic mass is 35.5. The molecule has 3 rings (SSSR count). The molecule has 0 spiro atoms. The Morgan fingerprint density at radius 1 is 1.30 bits per heavy atom. The van der Waals surface area contributed by atoms with Gasteiger partial charge in [-0.05, 0) is 30.0 Å². The first kappa shape index (κ1) is 16.3. The Balaban J connectivity index is 1.62. The van der Waals surface area contributed by atoms with E-state index >= 15 is 0 Å². The Kier molecular flexibility index (Phi) is 4.60. The molecule has 2 heterocycles. The number of halogens is 1. The molecular formula is C17H22ClN3O2. The van der Waals surface area contributed by atoms with Crippen molar-refractivity contribution in [3.05, 3.63) is 34.9 Å². The van der Waals surface area contributed by atoms with E-state index in [0.717, 1.165) is 5.56 Å². The lowest BCUT2D eigenvalue weighted by atomic mass is 9.98. The van der Waals surface area contributed by atoms with Crippen molar-refractivity contribution in [2.75, 3.05) is 6.54 Å². The molecule has 2 N–H and O–H groups in total. The SMILES string of the molecule is CC(C)[C@@H]1NC(=O)[C@@H]2C[C@H](NCc3ccc(Cl)cc3)CN2C1=O. The molecule has 0 aliphatic carbocycles. The fourth-order valence-electron chi connectivity index (χ4n) is 3.28. The van der Waals surface area contributed by atoms with Crippen LogP contribution in [0.4, 0.5) is 0 Å². The molecular weight excluding hydrogens is 314 g/mol. The number of nitrogens with zero attached hydrogens (tertiary/aromatic N) is 1. The number of piperazine rings is 1. The topological polar surface area (TPSA) is 61.4 Å². The zero-order valence-electron chi connectivity index (χ0n) is 13.4. The molecule has 2 fully saturated rings. The van der Waals surface area contributed by atoms with Gasteiger partial charge in [0.1, 0.15) is 12.1 Å². The van der Waals surface area contributed by atoms with E-state index in [4.69, 9.17) is 11.6 Å². The van der Waals surface area contributed by atoms with Gasteiger partial charge in [0, 0.05) is 24.2 Å². The van der Waals surface area contributed by atoms with Crippen molar-refractivity contribution in [3.63, 3.8) is 0 Å². The maximum Gasteiger partial charge on any atom is 0.246 e. The second-order valence-electron chi connectivity index (χ2n) is 6.68. The summed E-state index contributed by atoms with van der Waals surface area (Å²) in [4.78, 5) is 26.5. The molecule has 124 valence electrons. The van der Waals surface area contributed by atoms with E-state index < -0.39 is 6.04 Å². The van der Waals surface area contributed by atoms with Gasteiger partial charge >= 0.3 is 0 Å². The highest BCUT2D eigenvalue weighted by molar-refractivity contribution is 6.30. The average Bonchev–Trinajstić information content (AvgIpc) is 2.95. The molecule has 0 saturated carbocycles. The van der Waals surface area contributed by atoms with Gasteiger partial charge in [-0.2, -0.15) is 0 Å². The van der Waals surface area contributed by atoms with E-state index in [1.165, 1.54) is 0 Å². The summed E-state index contributed by atoms with van der Waals surface area (Å²) in [6.07, 6.45) is 0.663. The molecule has 23 heavy (non-hydrogen) atoms. The summed E-state index contributed by atoms with van der Waals surface area (Å²) in [5.74, 6) is 0.118. The van der Waals surface area contributed by atoms with Gasteiger partial charge in [-0.25, -0.2) is 0 Å². The molecule has 6 heteroatoms. The third-order valence-electron chi connectivity index (χ3n) is 4.63. The first-order valence-corrected chi connectivity index (χ1v) is 8.42. The standard InChI is InChI=1S/C17H22ClN3O2/c1-10(2)15-17(23)21-9-13(7-14(21)16(22)20-15)19-8-11-3-5-12(18)6-4-11/h3-6,10,13-15,19H,7-9H2,1-2H3,(H,20,22)/t13-,14-,15-/m0/s1. The van der Waals surface area contributed by atoms with Crippen molar-refractivity contribution in [2.24, 2.45) is 5.92 Å². The number of hydrogen-bond acceptors (Lipinski definition) is 3. The molecule has 2 amide bonds. The number of fused-ring (bicyclic) bond motifs is 1. The summed E-state index contributed by atoms with van der Waals surface area (Å²) >= 11 is 5.88. The Morgan fingerprint density at radius 2 is 2.00 bits per heavy atom. The fraction of sp³-hybridized carbons (Fsp3) is 0.529. The van der Waals surface area contributed by atoms with E-state index in [0.29, 0.717) is 24.5 Å². The monoisotopic (exact) mass is 335 g/mol.